The molecule has 0 unspecified atom stereocenters. The molecule has 0 aliphatic heterocycles. The van der Waals surface area contributed by atoms with E-state index in [1.807, 2.05) is 31.2 Å². The van der Waals surface area contributed by atoms with Gasteiger partial charge in [0.25, 0.3) is 5.56 Å². The lowest BCUT2D eigenvalue weighted by Gasteiger charge is -2.12. The van der Waals surface area contributed by atoms with Crippen LogP contribution in [-0.4, -0.2) is 32.7 Å². The monoisotopic (exact) mass is 404 g/mol. The molecule has 0 bridgehead atoms. The Kier molecular flexibility index (Phi) is 5.17. The van der Waals surface area contributed by atoms with Gasteiger partial charge in [0.15, 0.2) is 11.6 Å². The third-order valence-electron chi connectivity index (χ3n) is 4.39. The normalized spacial score (nSPS) is 10.7. The van der Waals surface area contributed by atoms with Gasteiger partial charge in [-0.1, -0.05) is 18.2 Å². The molecule has 3 N–H and O–H groups in total. The number of nitrogens with zero attached hydrogens (tertiary/aromatic N) is 3. The molecule has 2 aromatic carbocycles. The second-order valence-corrected chi connectivity index (χ2v) is 6.56. The maximum atomic E-state index is 13.0. The highest BCUT2D eigenvalue weighted by molar-refractivity contribution is 5.92. The number of aryl methyl sites for hydroxylation is 1. The Morgan fingerprint density at radius 1 is 1.13 bits per heavy atom. The molecule has 0 fully saturated rings. The van der Waals surface area contributed by atoms with Crippen molar-refractivity contribution >= 4 is 34.2 Å². The van der Waals surface area contributed by atoms with E-state index in [4.69, 9.17) is 4.74 Å². The topological polar surface area (TPSA) is 114 Å². The molecule has 0 atom stereocenters. The summed E-state index contributed by atoms with van der Waals surface area (Å²) in [7, 11) is 0. The average molecular weight is 404 g/mol. The van der Waals surface area contributed by atoms with Crippen LogP contribution in [0.2, 0.25) is 0 Å². The van der Waals surface area contributed by atoms with Crippen molar-refractivity contribution in [2.24, 2.45) is 0 Å². The Morgan fingerprint density at radius 3 is 2.53 bits per heavy atom. The summed E-state index contributed by atoms with van der Waals surface area (Å²) >= 11 is 0. The van der Waals surface area contributed by atoms with Crippen molar-refractivity contribution in [2.45, 2.75) is 13.8 Å². The zero-order chi connectivity index (χ0) is 21.1. The molecule has 0 saturated carbocycles. The van der Waals surface area contributed by atoms with Crippen LogP contribution in [0.1, 0.15) is 12.6 Å². The van der Waals surface area contributed by atoms with E-state index < -0.39 is 6.09 Å². The first-order valence-corrected chi connectivity index (χ1v) is 9.40. The molecule has 4 aromatic rings. The fourth-order valence-corrected chi connectivity index (χ4v) is 3.03. The Labute approximate surface area is 171 Å². The Morgan fingerprint density at radius 2 is 1.87 bits per heavy atom. The lowest BCUT2D eigenvalue weighted by atomic mass is 10.2. The number of aromatic amines is 1. The van der Waals surface area contributed by atoms with E-state index in [9.17, 15) is 9.59 Å². The first kappa shape index (κ1) is 19.2. The number of fused-ring (bicyclic) bond motifs is 1. The third kappa shape index (κ3) is 3.86. The number of benzene rings is 2. The van der Waals surface area contributed by atoms with Gasteiger partial charge in [-0.05, 0) is 44.2 Å². The second-order valence-electron chi connectivity index (χ2n) is 6.56. The number of carbonyl (C=O) groups is 1. The van der Waals surface area contributed by atoms with E-state index in [1.54, 1.807) is 37.3 Å². The van der Waals surface area contributed by atoms with E-state index in [0.717, 1.165) is 5.69 Å². The maximum absolute atomic E-state index is 13.0. The van der Waals surface area contributed by atoms with E-state index in [-0.39, 0.29) is 12.2 Å². The van der Waals surface area contributed by atoms with Gasteiger partial charge in [0, 0.05) is 22.8 Å². The molecule has 0 saturated heterocycles. The van der Waals surface area contributed by atoms with E-state index in [2.05, 4.69) is 25.9 Å². The Hall–Kier alpha value is -4.14. The number of carbonyl (C=O) groups excluding carboxylic acids is 1. The number of amides is 1. The van der Waals surface area contributed by atoms with Crippen LogP contribution < -0.4 is 16.2 Å². The summed E-state index contributed by atoms with van der Waals surface area (Å²) in [6.07, 6.45) is -0.535. The number of hydrogen-bond acceptors (Lipinski definition) is 6. The van der Waals surface area contributed by atoms with Crippen LogP contribution in [0, 0.1) is 6.92 Å². The first-order valence-electron chi connectivity index (χ1n) is 9.40. The summed E-state index contributed by atoms with van der Waals surface area (Å²) in [5.74, 6) is 1.11. The molecular formula is C21H20N6O3. The lowest BCUT2D eigenvalue weighted by Crippen LogP contribution is -2.22. The summed E-state index contributed by atoms with van der Waals surface area (Å²) in [4.78, 5) is 24.6. The Bertz CT molecular complexity index is 1260. The molecule has 152 valence electrons. The van der Waals surface area contributed by atoms with Gasteiger partial charge >= 0.3 is 6.09 Å². The molecule has 2 aromatic heterocycles. The number of H-pyrrole nitrogens is 1. The second kappa shape index (κ2) is 8.08. The molecule has 9 nitrogen and oxygen atoms in total. The number of hydrogen-bond donors (Lipinski definition) is 3. The minimum absolute atomic E-state index is 0.250. The summed E-state index contributed by atoms with van der Waals surface area (Å²) in [6.45, 7) is 3.92. The van der Waals surface area contributed by atoms with E-state index in [0.29, 0.717) is 33.8 Å². The van der Waals surface area contributed by atoms with Crippen molar-refractivity contribution in [3.8, 4) is 5.69 Å². The highest BCUT2D eigenvalue weighted by Crippen LogP contribution is 2.23. The molecule has 30 heavy (non-hydrogen) atoms. The minimum atomic E-state index is -0.535. The average Bonchev–Trinajstić information content (AvgIpc) is 3.16. The highest BCUT2D eigenvalue weighted by atomic mass is 16.5. The maximum Gasteiger partial charge on any atom is 0.411 e. The van der Waals surface area contributed by atoms with Gasteiger partial charge in [0.1, 0.15) is 0 Å². The van der Waals surface area contributed by atoms with Crippen molar-refractivity contribution in [3.63, 3.8) is 0 Å². The number of anilines is 3. The molecule has 9 heteroatoms. The van der Waals surface area contributed by atoms with Gasteiger partial charge in [-0.15, -0.1) is 5.10 Å². The highest BCUT2D eigenvalue weighted by Gasteiger charge is 2.13. The van der Waals surface area contributed by atoms with Gasteiger partial charge < -0.3 is 10.1 Å². The lowest BCUT2D eigenvalue weighted by molar-refractivity contribution is 0.168. The minimum Gasteiger partial charge on any atom is -0.450 e. The molecule has 0 spiro atoms. The fraction of sp³-hybridized carbons (Fsp3) is 0.143. The molecule has 0 aliphatic carbocycles. The summed E-state index contributed by atoms with van der Waals surface area (Å²) in [6, 6.07) is 15.9. The number of nitrogens with one attached hydrogen (secondary N) is 3. The number of aromatic nitrogens is 4. The molecule has 0 aliphatic rings. The van der Waals surface area contributed by atoms with Crippen molar-refractivity contribution in [3.05, 3.63) is 70.6 Å². The van der Waals surface area contributed by atoms with Crippen LogP contribution in [0.4, 0.5) is 22.1 Å². The summed E-state index contributed by atoms with van der Waals surface area (Å²) < 4.78 is 6.19. The van der Waals surface area contributed by atoms with Gasteiger partial charge in [-0.3, -0.25) is 15.2 Å². The summed E-state index contributed by atoms with van der Waals surface area (Å²) in [5.41, 5.74) is 1.76. The third-order valence-corrected chi connectivity index (χ3v) is 4.39. The van der Waals surface area contributed by atoms with Crippen LogP contribution in [0.5, 0.6) is 0 Å². The van der Waals surface area contributed by atoms with E-state index >= 15 is 0 Å². The van der Waals surface area contributed by atoms with Gasteiger partial charge in [0.05, 0.1) is 17.7 Å². The quantitative estimate of drug-likeness (QED) is 0.467. The van der Waals surface area contributed by atoms with Gasteiger partial charge in [0.2, 0.25) is 0 Å². The number of ether oxygens (including phenoxy) is 1. The predicted octanol–water partition coefficient (Wildman–Crippen LogP) is 3.73. The molecule has 0 radical (unpaired) electrons. The van der Waals surface area contributed by atoms with Crippen molar-refractivity contribution in [1.82, 2.24) is 20.0 Å². The largest absolute Gasteiger partial charge is 0.450 e. The fourth-order valence-electron chi connectivity index (χ4n) is 3.03. The van der Waals surface area contributed by atoms with Crippen LogP contribution >= 0.6 is 0 Å². The van der Waals surface area contributed by atoms with Crippen LogP contribution in [0.15, 0.2) is 59.4 Å². The zero-order valence-corrected chi connectivity index (χ0v) is 16.5. The zero-order valence-electron chi connectivity index (χ0n) is 16.5. The van der Waals surface area contributed by atoms with Crippen molar-refractivity contribution in [2.75, 3.05) is 17.2 Å². The van der Waals surface area contributed by atoms with Crippen molar-refractivity contribution in [1.29, 1.82) is 0 Å². The Balaban J connectivity index is 1.74. The van der Waals surface area contributed by atoms with Crippen LogP contribution in [-0.2, 0) is 4.74 Å². The molecule has 1 amide bonds. The van der Waals surface area contributed by atoms with Crippen molar-refractivity contribution < 1.29 is 9.53 Å². The van der Waals surface area contributed by atoms with Gasteiger partial charge in [-0.2, -0.15) is 9.78 Å². The van der Waals surface area contributed by atoms with Gasteiger partial charge in [-0.25, -0.2) is 4.79 Å². The summed E-state index contributed by atoms with van der Waals surface area (Å²) in [5, 5.41) is 18.6. The van der Waals surface area contributed by atoms with Crippen LogP contribution in [0.25, 0.3) is 16.5 Å². The molecule has 4 rings (SSSR count). The van der Waals surface area contributed by atoms with Crippen LogP contribution in [0.3, 0.4) is 0 Å². The standard InChI is InChI=1S/C21H20N6O3/c1-3-30-21(29)22-14-8-10-15(11-9-14)27-20(28)17-7-5-4-6-16(17)19(26-27)23-18-12-13(2)24-25-18/h4-12H,3H2,1-2H3,(H,22,29)(H2,23,24,25,26). The number of rotatable bonds is 5. The smallest absolute Gasteiger partial charge is 0.411 e. The SMILES string of the molecule is CCOC(=O)Nc1ccc(-n2nc(Nc3cc(C)[nH]n3)c3ccccc3c2=O)cc1. The predicted molar refractivity (Wildman–Crippen MR) is 115 cm³/mol. The molecule has 2 heterocycles. The molecular weight excluding hydrogens is 384 g/mol. The first-order chi connectivity index (χ1) is 14.5. The van der Waals surface area contributed by atoms with E-state index in [1.165, 1.54) is 4.68 Å².